The number of nitrogens with two attached hydrogens (primary N) is 1. The molecule has 0 aliphatic carbocycles. The van der Waals surface area contributed by atoms with Gasteiger partial charge in [0, 0.05) is 4.88 Å². The minimum absolute atomic E-state index is 0.0333. The highest BCUT2D eigenvalue weighted by Crippen LogP contribution is 2.24. The Balaban J connectivity index is 2.26. The number of benzene rings is 1. The highest BCUT2D eigenvalue weighted by atomic mass is 32.1. The molecule has 7 heteroatoms. The largest absolute Gasteiger partial charge is 0.321 e. The lowest BCUT2D eigenvalue weighted by Crippen LogP contribution is -2.18. The highest BCUT2D eigenvalue weighted by molar-refractivity contribution is 7.15. The molecule has 0 fully saturated rings. The van der Waals surface area contributed by atoms with Gasteiger partial charge in [0.25, 0.3) is 5.91 Å². The third kappa shape index (κ3) is 2.78. The van der Waals surface area contributed by atoms with Crippen molar-refractivity contribution < 1.29 is 9.18 Å². The average molecular weight is 294 g/mol. The molecule has 20 heavy (non-hydrogen) atoms. The fraction of sp³-hybridized carbons (Fsp3) is 0.231. The highest BCUT2D eigenvalue weighted by Gasteiger charge is 2.16. The maximum Gasteiger partial charge on any atom is 0.259 e. The number of para-hydroxylation sites is 1. The van der Waals surface area contributed by atoms with Crippen LogP contribution in [0.25, 0.3) is 0 Å². The Morgan fingerprint density at radius 2 is 2.25 bits per heavy atom. The molecule has 106 valence electrons. The summed E-state index contributed by atoms with van der Waals surface area (Å²) in [5, 5.41) is 3.16. The van der Waals surface area contributed by atoms with Crippen molar-refractivity contribution in [2.75, 3.05) is 10.7 Å². The predicted molar refractivity (Wildman–Crippen MR) is 78.4 cm³/mol. The molecule has 0 saturated heterocycles. The molecule has 5 nitrogen and oxygen atoms in total. The molecule has 2 aromatic rings. The van der Waals surface area contributed by atoms with Crippen LogP contribution in [0, 0.1) is 12.7 Å². The number of amides is 1. The standard InChI is InChI=1S/C13H15FN4OS/c1-3-10-7(2)20-13(16-10)17-12(19)8-5-4-6-9(14)11(8)18-15/h4-6,18H,3,15H2,1-2H3,(H,16,17,19). The Morgan fingerprint density at radius 1 is 1.50 bits per heavy atom. The van der Waals surface area contributed by atoms with E-state index >= 15 is 0 Å². The molecular formula is C13H15FN4OS. The molecule has 1 amide bonds. The van der Waals surface area contributed by atoms with E-state index in [0.717, 1.165) is 17.0 Å². The maximum absolute atomic E-state index is 13.5. The Hall–Kier alpha value is -1.99. The molecule has 0 unspecified atom stereocenters. The number of aryl methyl sites for hydroxylation is 2. The molecule has 2 rings (SSSR count). The number of hydrogen-bond donors (Lipinski definition) is 3. The summed E-state index contributed by atoms with van der Waals surface area (Å²) in [7, 11) is 0. The van der Waals surface area contributed by atoms with Crippen LogP contribution in [0.2, 0.25) is 0 Å². The Morgan fingerprint density at radius 3 is 2.85 bits per heavy atom. The molecule has 4 N–H and O–H groups in total. The van der Waals surface area contributed by atoms with Crippen molar-refractivity contribution in [3.8, 4) is 0 Å². The first-order chi connectivity index (χ1) is 9.56. The van der Waals surface area contributed by atoms with Crippen LogP contribution in [-0.4, -0.2) is 10.9 Å². The molecule has 1 aromatic carbocycles. The molecule has 0 spiro atoms. The molecule has 0 saturated carbocycles. The van der Waals surface area contributed by atoms with E-state index in [0.29, 0.717) is 5.13 Å². The van der Waals surface area contributed by atoms with E-state index in [1.54, 1.807) is 0 Å². The second kappa shape index (κ2) is 5.98. The number of hydrogen-bond acceptors (Lipinski definition) is 5. The molecule has 1 heterocycles. The van der Waals surface area contributed by atoms with Gasteiger partial charge in [0.15, 0.2) is 5.13 Å². The summed E-state index contributed by atoms with van der Waals surface area (Å²) in [6.07, 6.45) is 0.799. The van der Waals surface area contributed by atoms with Crippen LogP contribution < -0.4 is 16.6 Å². The van der Waals surface area contributed by atoms with E-state index < -0.39 is 11.7 Å². The number of nitrogens with one attached hydrogen (secondary N) is 2. The number of carbonyl (C=O) groups excluding carboxylic acids is 1. The Labute approximate surface area is 120 Å². The van der Waals surface area contributed by atoms with Gasteiger partial charge < -0.3 is 5.43 Å². The fourth-order valence-electron chi connectivity index (χ4n) is 1.83. The van der Waals surface area contributed by atoms with E-state index in [9.17, 15) is 9.18 Å². The number of anilines is 2. The summed E-state index contributed by atoms with van der Waals surface area (Å²) in [5.74, 6) is 4.22. The topological polar surface area (TPSA) is 80.0 Å². The van der Waals surface area contributed by atoms with Gasteiger partial charge in [-0.15, -0.1) is 11.3 Å². The monoisotopic (exact) mass is 294 g/mol. The first-order valence-corrected chi connectivity index (χ1v) is 6.91. The number of rotatable bonds is 4. The fourth-order valence-corrected chi connectivity index (χ4v) is 2.73. The minimum atomic E-state index is -0.579. The van der Waals surface area contributed by atoms with E-state index in [1.807, 2.05) is 13.8 Å². The SMILES string of the molecule is CCc1nc(NC(=O)c2cccc(F)c2NN)sc1C. The van der Waals surface area contributed by atoms with Crippen molar-refractivity contribution in [2.24, 2.45) is 5.84 Å². The number of thiazole rings is 1. The number of aromatic nitrogens is 1. The smallest absolute Gasteiger partial charge is 0.259 e. The Bertz CT molecular complexity index is 641. The van der Waals surface area contributed by atoms with Crippen molar-refractivity contribution in [1.82, 2.24) is 4.98 Å². The van der Waals surface area contributed by atoms with Gasteiger partial charge in [-0.3, -0.25) is 16.0 Å². The average Bonchev–Trinajstić information content (AvgIpc) is 2.78. The number of nitrogens with zero attached hydrogens (tertiary/aromatic N) is 1. The first kappa shape index (κ1) is 14.4. The molecule has 0 aliphatic heterocycles. The minimum Gasteiger partial charge on any atom is -0.321 e. The number of nitrogen functional groups attached to an aromatic ring is 1. The van der Waals surface area contributed by atoms with E-state index in [2.05, 4.69) is 15.7 Å². The summed E-state index contributed by atoms with van der Waals surface area (Å²) in [6, 6.07) is 4.18. The van der Waals surface area contributed by atoms with Crippen molar-refractivity contribution in [1.29, 1.82) is 0 Å². The van der Waals surface area contributed by atoms with Gasteiger partial charge in [0.05, 0.1) is 16.9 Å². The van der Waals surface area contributed by atoms with Crippen LogP contribution in [-0.2, 0) is 6.42 Å². The van der Waals surface area contributed by atoms with E-state index in [-0.39, 0.29) is 11.3 Å². The van der Waals surface area contributed by atoms with Gasteiger partial charge in [-0.05, 0) is 25.5 Å². The zero-order chi connectivity index (χ0) is 14.7. The van der Waals surface area contributed by atoms with Gasteiger partial charge in [0.2, 0.25) is 0 Å². The normalized spacial score (nSPS) is 10.4. The van der Waals surface area contributed by atoms with Gasteiger partial charge in [-0.25, -0.2) is 9.37 Å². The van der Waals surface area contributed by atoms with Crippen molar-refractivity contribution in [3.05, 3.63) is 40.2 Å². The van der Waals surface area contributed by atoms with Crippen molar-refractivity contribution in [3.63, 3.8) is 0 Å². The van der Waals surface area contributed by atoms with Gasteiger partial charge in [-0.2, -0.15) is 0 Å². The summed E-state index contributed by atoms with van der Waals surface area (Å²) in [6.45, 7) is 3.94. The summed E-state index contributed by atoms with van der Waals surface area (Å²) in [5.41, 5.74) is 3.26. The van der Waals surface area contributed by atoms with Crippen LogP contribution >= 0.6 is 11.3 Å². The van der Waals surface area contributed by atoms with Crippen LogP contribution in [0.3, 0.4) is 0 Å². The van der Waals surface area contributed by atoms with Crippen LogP contribution in [0.1, 0.15) is 27.9 Å². The van der Waals surface area contributed by atoms with Crippen LogP contribution in [0.4, 0.5) is 15.2 Å². The number of hydrazine groups is 1. The van der Waals surface area contributed by atoms with Crippen LogP contribution in [0.5, 0.6) is 0 Å². The van der Waals surface area contributed by atoms with Gasteiger partial charge >= 0.3 is 0 Å². The zero-order valence-corrected chi connectivity index (χ0v) is 12.0. The lowest BCUT2D eigenvalue weighted by atomic mass is 10.1. The van der Waals surface area contributed by atoms with Gasteiger partial charge in [-0.1, -0.05) is 13.0 Å². The lowest BCUT2D eigenvalue weighted by molar-refractivity contribution is 0.102. The summed E-state index contributed by atoms with van der Waals surface area (Å²) >= 11 is 1.39. The number of carbonyl (C=O) groups is 1. The Kier molecular flexibility index (Phi) is 4.31. The lowest BCUT2D eigenvalue weighted by Gasteiger charge is -2.08. The molecule has 0 bridgehead atoms. The zero-order valence-electron chi connectivity index (χ0n) is 11.2. The van der Waals surface area contributed by atoms with E-state index in [1.165, 1.54) is 29.5 Å². The van der Waals surface area contributed by atoms with E-state index in [4.69, 9.17) is 5.84 Å². The summed E-state index contributed by atoms with van der Waals surface area (Å²) < 4.78 is 13.5. The molecule has 1 aromatic heterocycles. The molecule has 0 aliphatic rings. The molecule has 0 radical (unpaired) electrons. The molecule has 0 atom stereocenters. The van der Waals surface area contributed by atoms with Crippen molar-refractivity contribution >= 4 is 28.1 Å². The quantitative estimate of drug-likeness (QED) is 0.598. The maximum atomic E-state index is 13.5. The molecular weight excluding hydrogens is 279 g/mol. The van der Waals surface area contributed by atoms with Crippen LogP contribution in [0.15, 0.2) is 18.2 Å². The van der Waals surface area contributed by atoms with Gasteiger partial charge in [0.1, 0.15) is 5.82 Å². The second-order valence-electron chi connectivity index (χ2n) is 4.14. The first-order valence-electron chi connectivity index (χ1n) is 6.09. The van der Waals surface area contributed by atoms with Crippen molar-refractivity contribution in [2.45, 2.75) is 20.3 Å². The second-order valence-corrected chi connectivity index (χ2v) is 5.34. The number of halogens is 1. The predicted octanol–water partition coefficient (Wildman–Crippen LogP) is 2.69. The summed E-state index contributed by atoms with van der Waals surface area (Å²) in [4.78, 5) is 17.5. The third-order valence-corrected chi connectivity index (χ3v) is 3.78. The third-order valence-electron chi connectivity index (χ3n) is 2.85.